The molecule has 0 N–H and O–H groups in total. The molecule has 0 saturated heterocycles. The fourth-order valence-electron chi connectivity index (χ4n) is 2.84. The summed E-state index contributed by atoms with van der Waals surface area (Å²) >= 11 is 20.0. The Kier molecular flexibility index (Phi) is 5.42. The molecule has 0 radical (unpaired) electrons. The van der Waals surface area contributed by atoms with Crippen LogP contribution in [-0.2, 0) is 0 Å². The van der Waals surface area contributed by atoms with Crippen LogP contribution in [0.3, 0.4) is 0 Å². The summed E-state index contributed by atoms with van der Waals surface area (Å²) in [4.78, 5) is 0. The number of benzene rings is 3. The number of halogens is 4. The van der Waals surface area contributed by atoms with Gasteiger partial charge in [0, 0.05) is 25.1 Å². The van der Waals surface area contributed by atoms with Crippen LogP contribution in [0.2, 0.25) is 10.0 Å². The summed E-state index contributed by atoms with van der Waals surface area (Å²) in [6.07, 6.45) is 0. The van der Waals surface area contributed by atoms with Crippen LogP contribution in [0.5, 0.6) is 0 Å². The zero-order valence-corrected chi connectivity index (χ0v) is 18.5. The van der Waals surface area contributed by atoms with Crippen LogP contribution in [0.25, 0.3) is 28.2 Å². The minimum absolute atomic E-state index is 0.597. The smallest absolute Gasteiger partial charge is 0.112 e. The van der Waals surface area contributed by atoms with Crippen molar-refractivity contribution in [2.75, 3.05) is 0 Å². The first kappa shape index (κ1) is 18.8. The zero-order chi connectivity index (χ0) is 19.0. The quantitative estimate of drug-likeness (QED) is 0.266. The van der Waals surface area contributed by atoms with Gasteiger partial charge in [-0.05, 0) is 42.5 Å². The predicted molar refractivity (Wildman–Crippen MR) is 120 cm³/mol. The molecule has 0 spiro atoms. The molecule has 0 bridgehead atoms. The lowest BCUT2D eigenvalue weighted by Gasteiger charge is -2.08. The van der Waals surface area contributed by atoms with Crippen molar-refractivity contribution in [1.29, 1.82) is 0 Å². The minimum atomic E-state index is 0.597. The van der Waals surface area contributed by atoms with Crippen LogP contribution in [0.15, 0.2) is 81.7 Å². The van der Waals surface area contributed by atoms with E-state index < -0.39 is 0 Å². The second-order valence-corrected chi connectivity index (χ2v) is 8.56. The molecule has 0 aliphatic carbocycles. The third-order valence-electron chi connectivity index (χ3n) is 4.12. The lowest BCUT2D eigenvalue weighted by Crippen LogP contribution is -1.99. The molecule has 0 unspecified atom stereocenters. The molecule has 4 aromatic rings. The van der Waals surface area contributed by atoms with Gasteiger partial charge in [0.2, 0.25) is 0 Å². The van der Waals surface area contributed by atoms with Gasteiger partial charge >= 0.3 is 0 Å². The normalized spacial score (nSPS) is 11.0. The van der Waals surface area contributed by atoms with E-state index in [9.17, 15) is 0 Å². The monoisotopic (exact) mass is 520 g/mol. The molecule has 0 fully saturated rings. The summed E-state index contributed by atoms with van der Waals surface area (Å²) in [5, 5.41) is 6.06. The number of hydrogen-bond donors (Lipinski definition) is 0. The van der Waals surface area contributed by atoms with Gasteiger partial charge in [0.15, 0.2) is 0 Å². The van der Waals surface area contributed by atoms with Gasteiger partial charge < -0.3 is 0 Å². The summed E-state index contributed by atoms with van der Waals surface area (Å²) in [5.41, 5.74) is 4.32. The van der Waals surface area contributed by atoms with Crippen molar-refractivity contribution < 1.29 is 0 Å². The van der Waals surface area contributed by atoms with Crippen molar-refractivity contribution in [3.63, 3.8) is 0 Å². The third-order valence-corrected chi connectivity index (χ3v) is 5.77. The first-order valence-electron chi connectivity index (χ1n) is 8.09. The summed E-state index contributed by atoms with van der Waals surface area (Å²) in [5.74, 6) is 0. The number of hydrogen-bond acceptors (Lipinski definition) is 1. The highest BCUT2D eigenvalue weighted by Gasteiger charge is 2.20. The number of nitrogens with zero attached hydrogens (tertiary/aromatic N) is 2. The molecule has 0 amide bonds. The van der Waals surface area contributed by atoms with Gasteiger partial charge in [-0.25, -0.2) is 4.68 Å². The van der Waals surface area contributed by atoms with Crippen LogP contribution in [0.1, 0.15) is 0 Å². The molecule has 6 heteroatoms. The first-order chi connectivity index (χ1) is 13.0. The molecule has 134 valence electrons. The Morgan fingerprint density at radius 2 is 1.33 bits per heavy atom. The molecule has 0 atom stereocenters. The largest absolute Gasteiger partial charge is 0.231 e. The average molecular weight is 523 g/mol. The van der Waals surface area contributed by atoms with Gasteiger partial charge in [0.1, 0.15) is 5.69 Å². The van der Waals surface area contributed by atoms with Crippen LogP contribution >= 0.6 is 55.1 Å². The van der Waals surface area contributed by atoms with Crippen LogP contribution in [-0.4, -0.2) is 9.78 Å². The van der Waals surface area contributed by atoms with E-state index in [1.54, 1.807) is 0 Å². The lowest BCUT2D eigenvalue weighted by atomic mass is 10.1. The predicted octanol–water partition coefficient (Wildman–Crippen LogP) is 8.04. The Labute approximate surface area is 184 Å². The summed E-state index contributed by atoms with van der Waals surface area (Å²) in [7, 11) is 0. The van der Waals surface area contributed by atoms with Crippen LogP contribution in [0, 0.1) is 0 Å². The Morgan fingerprint density at radius 1 is 0.741 bits per heavy atom. The van der Waals surface area contributed by atoms with Crippen molar-refractivity contribution in [3.05, 3.63) is 91.8 Å². The van der Waals surface area contributed by atoms with Gasteiger partial charge in [-0.1, -0.05) is 85.4 Å². The van der Waals surface area contributed by atoms with E-state index in [0.717, 1.165) is 37.1 Å². The van der Waals surface area contributed by atoms with Gasteiger partial charge in [0.25, 0.3) is 0 Å². The Morgan fingerprint density at radius 3 is 1.93 bits per heavy atom. The van der Waals surface area contributed by atoms with Crippen LogP contribution in [0.4, 0.5) is 0 Å². The van der Waals surface area contributed by atoms with Gasteiger partial charge in [-0.2, -0.15) is 5.10 Å². The van der Waals surface area contributed by atoms with Crippen molar-refractivity contribution in [1.82, 2.24) is 9.78 Å². The molecule has 2 nitrogen and oxygen atoms in total. The standard InChI is InChI=1S/C21H12Br2Cl2N2/c22-15-8-4-13(5-9-15)20-19(25)21(14-6-10-16(23)11-7-14)27(26-20)18-3-1-2-17(24)12-18/h1-12H. The maximum absolute atomic E-state index is 6.83. The second-order valence-electron chi connectivity index (χ2n) is 5.92. The molecule has 1 heterocycles. The van der Waals surface area contributed by atoms with E-state index in [1.807, 2.05) is 77.5 Å². The minimum Gasteiger partial charge on any atom is -0.231 e. The van der Waals surface area contributed by atoms with Crippen LogP contribution < -0.4 is 0 Å². The third kappa shape index (κ3) is 3.85. The average Bonchev–Trinajstić information content (AvgIpc) is 3.00. The van der Waals surface area contributed by atoms with Crippen molar-refractivity contribution in [2.24, 2.45) is 0 Å². The van der Waals surface area contributed by atoms with Gasteiger partial charge in [-0.3, -0.25) is 0 Å². The lowest BCUT2D eigenvalue weighted by molar-refractivity contribution is 0.892. The molecule has 4 rings (SSSR count). The highest BCUT2D eigenvalue weighted by atomic mass is 79.9. The van der Waals surface area contributed by atoms with E-state index in [-0.39, 0.29) is 0 Å². The Balaban J connectivity index is 1.97. The highest BCUT2D eigenvalue weighted by molar-refractivity contribution is 9.10. The van der Waals surface area contributed by atoms with E-state index in [0.29, 0.717) is 10.0 Å². The fourth-order valence-corrected chi connectivity index (χ4v) is 3.89. The van der Waals surface area contributed by atoms with Crippen molar-refractivity contribution >= 4 is 55.1 Å². The number of rotatable bonds is 3. The molecule has 0 aliphatic rings. The van der Waals surface area contributed by atoms with E-state index >= 15 is 0 Å². The van der Waals surface area contributed by atoms with E-state index in [1.165, 1.54) is 0 Å². The highest BCUT2D eigenvalue weighted by Crippen LogP contribution is 2.38. The first-order valence-corrected chi connectivity index (χ1v) is 10.4. The number of aromatic nitrogens is 2. The van der Waals surface area contributed by atoms with Crippen molar-refractivity contribution in [2.45, 2.75) is 0 Å². The molecule has 0 aliphatic heterocycles. The SMILES string of the molecule is Clc1cccc(-n2nc(-c3ccc(Br)cc3)c(Cl)c2-c2ccc(Br)cc2)c1. The molecule has 3 aromatic carbocycles. The van der Waals surface area contributed by atoms with E-state index in [2.05, 4.69) is 31.9 Å². The summed E-state index contributed by atoms with van der Waals surface area (Å²) in [6.45, 7) is 0. The summed E-state index contributed by atoms with van der Waals surface area (Å²) in [6, 6.07) is 23.5. The zero-order valence-electron chi connectivity index (χ0n) is 13.8. The van der Waals surface area contributed by atoms with E-state index in [4.69, 9.17) is 28.3 Å². The Hall–Kier alpha value is -1.59. The maximum atomic E-state index is 6.83. The maximum Gasteiger partial charge on any atom is 0.112 e. The molecular formula is C21H12Br2Cl2N2. The summed E-state index contributed by atoms with van der Waals surface area (Å²) < 4.78 is 3.85. The molecule has 0 saturated carbocycles. The van der Waals surface area contributed by atoms with Crippen molar-refractivity contribution in [3.8, 4) is 28.2 Å². The van der Waals surface area contributed by atoms with Gasteiger partial charge in [0.05, 0.1) is 16.4 Å². The molecular weight excluding hydrogens is 511 g/mol. The second kappa shape index (κ2) is 7.80. The molecule has 27 heavy (non-hydrogen) atoms. The topological polar surface area (TPSA) is 17.8 Å². The molecule has 1 aromatic heterocycles. The Bertz CT molecular complexity index is 1100. The fraction of sp³-hybridized carbons (Fsp3) is 0. The van der Waals surface area contributed by atoms with Gasteiger partial charge in [-0.15, -0.1) is 0 Å².